The minimum atomic E-state index is -0.171. The maximum absolute atomic E-state index is 6.80. The minimum Gasteiger partial charge on any atom is -0.451 e. The lowest BCUT2D eigenvalue weighted by Crippen LogP contribution is -2.32. The highest BCUT2D eigenvalue weighted by Gasteiger charge is 2.42. The van der Waals surface area contributed by atoms with E-state index in [2.05, 4.69) is 139 Å². The van der Waals surface area contributed by atoms with Crippen LogP contribution in [0.5, 0.6) is 11.5 Å². The first kappa shape index (κ1) is 20.8. The number of nitrogens with zero attached hydrogens (tertiary/aromatic N) is 2. The van der Waals surface area contributed by atoms with E-state index in [0.717, 1.165) is 39.9 Å². The van der Waals surface area contributed by atoms with E-state index in [1.807, 2.05) is 6.07 Å². The summed E-state index contributed by atoms with van der Waals surface area (Å²) in [6.07, 6.45) is 0. The van der Waals surface area contributed by atoms with Crippen LogP contribution < -0.4 is 14.5 Å². The van der Waals surface area contributed by atoms with Crippen molar-refractivity contribution in [3.63, 3.8) is 0 Å². The fourth-order valence-corrected chi connectivity index (χ4v) is 5.70. The molecule has 0 aliphatic carbocycles. The third kappa shape index (κ3) is 2.93. The quantitative estimate of drug-likeness (QED) is 0.258. The van der Waals surface area contributed by atoms with E-state index in [1.54, 1.807) is 0 Å². The minimum absolute atomic E-state index is 0.171. The van der Waals surface area contributed by atoms with Gasteiger partial charge in [-0.3, -0.25) is 0 Å². The third-order valence-corrected chi connectivity index (χ3v) is 7.41. The van der Waals surface area contributed by atoms with Gasteiger partial charge in [-0.2, -0.15) is 0 Å². The van der Waals surface area contributed by atoms with E-state index in [4.69, 9.17) is 4.74 Å². The molecular weight excluding hydrogens is 440 g/mol. The van der Waals surface area contributed by atoms with Crippen molar-refractivity contribution in [1.29, 1.82) is 0 Å². The van der Waals surface area contributed by atoms with Gasteiger partial charge in [0.05, 0.1) is 22.7 Å². The molecule has 0 saturated carbocycles. The standard InChI is InChI=1S/C33H26N2O/c1-33(2)25-17-9-10-18-27(25)35-28-19-11-12-20-30(28)36-32-29(22-21-26(33)31(32)35)34(23-13-5-3-6-14-23)24-15-7-4-8-16-24/h3-22H,1-2H3. The average Bonchev–Trinajstić information content (AvgIpc) is 2.93. The van der Waals surface area contributed by atoms with E-state index in [-0.39, 0.29) is 5.41 Å². The second-order valence-electron chi connectivity index (χ2n) is 9.86. The van der Waals surface area contributed by atoms with Crippen LogP contribution in [-0.4, -0.2) is 0 Å². The molecule has 3 nitrogen and oxygen atoms in total. The lowest BCUT2D eigenvalue weighted by Gasteiger charge is -2.45. The van der Waals surface area contributed by atoms with Crippen LogP contribution in [0.15, 0.2) is 121 Å². The van der Waals surface area contributed by atoms with Crippen LogP contribution in [0.25, 0.3) is 0 Å². The van der Waals surface area contributed by atoms with Gasteiger partial charge in [-0.05, 0) is 59.7 Å². The topological polar surface area (TPSA) is 15.7 Å². The van der Waals surface area contributed by atoms with Gasteiger partial charge in [-0.25, -0.2) is 0 Å². The van der Waals surface area contributed by atoms with Gasteiger partial charge in [0.15, 0.2) is 11.5 Å². The van der Waals surface area contributed by atoms with Gasteiger partial charge in [0.2, 0.25) is 0 Å². The first-order valence-electron chi connectivity index (χ1n) is 12.4. The van der Waals surface area contributed by atoms with E-state index in [1.165, 1.54) is 16.8 Å². The Labute approximate surface area is 211 Å². The molecule has 0 atom stereocenters. The molecule has 0 amide bonds. The highest BCUT2D eigenvalue weighted by molar-refractivity contribution is 5.97. The van der Waals surface area contributed by atoms with Crippen molar-refractivity contribution in [2.75, 3.05) is 9.80 Å². The Kier molecular flexibility index (Phi) is 4.49. The molecule has 0 spiro atoms. The zero-order valence-electron chi connectivity index (χ0n) is 20.3. The van der Waals surface area contributed by atoms with Crippen molar-refractivity contribution in [3.05, 3.63) is 132 Å². The van der Waals surface area contributed by atoms with Crippen LogP contribution in [0.4, 0.5) is 34.1 Å². The SMILES string of the molecule is CC1(C)c2ccccc2N2c3ccccc3Oc3c(N(c4ccccc4)c4ccccc4)ccc1c32. The number of anilines is 6. The first-order valence-corrected chi connectivity index (χ1v) is 12.4. The summed E-state index contributed by atoms with van der Waals surface area (Å²) < 4.78 is 6.80. The van der Waals surface area contributed by atoms with Crippen molar-refractivity contribution in [3.8, 4) is 11.5 Å². The van der Waals surface area contributed by atoms with Crippen LogP contribution in [0, 0.1) is 0 Å². The predicted molar refractivity (Wildman–Crippen MR) is 148 cm³/mol. The number of para-hydroxylation sites is 5. The number of ether oxygens (including phenoxy) is 1. The fourth-order valence-electron chi connectivity index (χ4n) is 5.70. The smallest absolute Gasteiger partial charge is 0.175 e. The van der Waals surface area contributed by atoms with Gasteiger partial charge in [0, 0.05) is 16.8 Å². The summed E-state index contributed by atoms with van der Waals surface area (Å²) in [5.74, 6) is 1.74. The maximum atomic E-state index is 6.80. The predicted octanol–water partition coefficient (Wildman–Crippen LogP) is 9.37. The van der Waals surface area contributed by atoms with Crippen molar-refractivity contribution in [1.82, 2.24) is 0 Å². The summed E-state index contributed by atoms with van der Waals surface area (Å²) in [7, 11) is 0. The molecule has 2 aliphatic heterocycles. The van der Waals surface area contributed by atoms with E-state index in [9.17, 15) is 0 Å². The van der Waals surface area contributed by atoms with E-state index in [0.29, 0.717) is 0 Å². The molecule has 174 valence electrons. The molecule has 0 aromatic heterocycles. The lowest BCUT2D eigenvalue weighted by atomic mass is 9.73. The molecule has 0 unspecified atom stereocenters. The van der Waals surface area contributed by atoms with Gasteiger partial charge < -0.3 is 14.5 Å². The third-order valence-electron chi connectivity index (χ3n) is 7.41. The van der Waals surface area contributed by atoms with Gasteiger partial charge in [-0.15, -0.1) is 0 Å². The summed E-state index contributed by atoms with van der Waals surface area (Å²) in [4.78, 5) is 4.68. The summed E-state index contributed by atoms with van der Waals surface area (Å²) in [6.45, 7) is 4.62. The van der Waals surface area contributed by atoms with Crippen LogP contribution >= 0.6 is 0 Å². The Bertz CT molecular complexity index is 1550. The molecule has 2 heterocycles. The molecule has 0 fully saturated rings. The molecule has 36 heavy (non-hydrogen) atoms. The molecule has 5 aromatic carbocycles. The maximum Gasteiger partial charge on any atom is 0.175 e. The van der Waals surface area contributed by atoms with Gasteiger partial charge >= 0.3 is 0 Å². The second kappa shape index (κ2) is 7.76. The molecule has 0 N–H and O–H groups in total. The Morgan fingerprint density at radius 2 is 1.17 bits per heavy atom. The Hall–Kier alpha value is -4.50. The number of benzene rings is 5. The number of hydrogen-bond donors (Lipinski definition) is 0. The highest BCUT2D eigenvalue weighted by atomic mass is 16.5. The molecule has 5 aromatic rings. The zero-order valence-corrected chi connectivity index (χ0v) is 20.3. The molecular formula is C33H26N2O. The molecule has 7 rings (SSSR count). The van der Waals surface area contributed by atoms with Crippen molar-refractivity contribution in [2.24, 2.45) is 0 Å². The van der Waals surface area contributed by atoms with Crippen LogP contribution in [-0.2, 0) is 5.41 Å². The highest BCUT2D eigenvalue weighted by Crippen LogP contribution is 2.62. The zero-order chi connectivity index (χ0) is 24.3. The summed E-state index contributed by atoms with van der Waals surface area (Å²) in [6, 6.07) is 42.6. The Morgan fingerprint density at radius 1 is 0.583 bits per heavy atom. The van der Waals surface area contributed by atoms with Crippen molar-refractivity contribution < 1.29 is 4.74 Å². The van der Waals surface area contributed by atoms with Crippen molar-refractivity contribution in [2.45, 2.75) is 19.3 Å². The van der Waals surface area contributed by atoms with Crippen LogP contribution in [0.2, 0.25) is 0 Å². The van der Waals surface area contributed by atoms with E-state index < -0.39 is 0 Å². The van der Waals surface area contributed by atoms with Gasteiger partial charge in [0.25, 0.3) is 0 Å². The number of hydrogen-bond acceptors (Lipinski definition) is 3. The normalized spacial score (nSPS) is 14.2. The summed E-state index contributed by atoms with van der Waals surface area (Å²) in [5, 5.41) is 0. The molecule has 2 aliphatic rings. The fraction of sp³-hybridized carbons (Fsp3) is 0.0909. The Balaban J connectivity index is 1.55. The van der Waals surface area contributed by atoms with Crippen LogP contribution in [0.1, 0.15) is 25.0 Å². The molecule has 3 heteroatoms. The van der Waals surface area contributed by atoms with Crippen LogP contribution in [0.3, 0.4) is 0 Å². The number of fused-ring (bicyclic) bond motifs is 4. The van der Waals surface area contributed by atoms with Crippen molar-refractivity contribution >= 4 is 34.1 Å². The average molecular weight is 467 g/mol. The molecule has 0 saturated heterocycles. The largest absolute Gasteiger partial charge is 0.451 e. The van der Waals surface area contributed by atoms with Gasteiger partial charge in [0.1, 0.15) is 0 Å². The number of rotatable bonds is 3. The second-order valence-corrected chi connectivity index (χ2v) is 9.86. The summed E-state index contributed by atoms with van der Waals surface area (Å²) in [5.41, 5.74) is 8.98. The Morgan fingerprint density at radius 3 is 1.86 bits per heavy atom. The monoisotopic (exact) mass is 466 g/mol. The lowest BCUT2D eigenvalue weighted by molar-refractivity contribution is 0.472. The van der Waals surface area contributed by atoms with Gasteiger partial charge in [-0.1, -0.05) is 86.6 Å². The summed E-state index contributed by atoms with van der Waals surface area (Å²) >= 11 is 0. The molecule has 0 radical (unpaired) electrons. The first-order chi connectivity index (χ1) is 17.6. The molecule has 0 bridgehead atoms. The van der Waals surface area contributed by atoms with E-state index >= 15 is 0 Å².